The molecule has 0 unspecified atom stereocenters. The number of amides is 2. The molecular weight excluding hydrogens is 372 g/mol. The standard InChI is InChI=1S/C22H24N4O.ClH/c23-15-16-3-1-4-19(13-16)24-22(27)25-20-8-7-17-9-11-26(21-5-2-6-21)12-10-18(17)14-20;/h1,3-4,7-8,13-14,21H,2,5-6,9-12H2,(H2,24,25,27);1H. The summed E-state index contributed by atoms with van der Waals surface area (Å²) in [6, 6.07) is 15.7. The Morgan fingerprint density at radius 3 is 2.39 bits per heavy atom. The van der Waals surface area contributed by atoms with Gasteiger partial charge in [0.05, 0.1) is 11.6 Å². The molecule has 1 aliphatic heterocycles. The molecule has 146 valence electrons. The molecule has 1 saturated carbocycles. The summed E-state index contributed by atoms with van der Waals surface area (Å²) in [5.41, 5.74) is 4.66. The molecule has 2 aromatic rings. The van der Waals surface area contributed by atoms with E-state index >= 15 is 0 Å². The minimum atomic E-state index is -0.297. The third-order valence-electron chi connectivity index (χ3n) is 5.64. The highest BCUT2D eigenvalue weighted by molar-refractivity contribution is 5.99. The first-order valence-electron chi connectivity index (χ1n) is 9.65. The highest BCUT2D eigenvalue weighted by Crippen LogP contribution is 2.28. The second-order valence-corrected chi connectivity index (χ2v) is 7.38. The van der Waals surface area contributed by atoms with E-state index in [1.54, 1.807) is 24.3 Å². The fraction of sp³-hybridized carbons (Fsp3) is 0.364. The van der Waals surface area contributed by atoms with E-state index in [0.29, 0.717) is 11.3 Å². The Morgan fingerprint density at radius 2 is 1.71 bits per heavy atom. The number of urea groups is 1. The van der Waals surface area contributed by atoms with Crippen LogP contribution in [-0.2, 0) is 12.8 Å². The SMILES string of the molecule is Cl.N#Cc1cccc(NC(=O)Nc2ccc3c(c2)CCN(C2CCC2)CC3)c1. The molecule has 5 nitrogen and oxygen atoms in total. The molecule has 0 spiro atoms. The van der Waals surface area contributed by atoms with Gasteiger partial charge in [0.15, 0.2) is 0 Å². The molecule has 2 amide bonds. The van der Waals surface area contributed by atoms with Crippen LogP contribution in [0.3, 0.4) is 0 Å². The number of carbonyl (C=O) groups is 1. The van der Waals surface area contributed by atoms with Crippen molar-refractivity contribution in [1.82, 2.24) is 4.90 Å². The maximum absolute atomic E-state index is 12.3. The van der Waals surface area contributed by atoms with Crippen molar-refractivity contribution in [2.75, 3.05) is 23.7 Å². The number of hydrogen-bond donors (Lipinski definition) is 2. The molecule has 2 aromatic carbocycles. The van der Waals surface area contributed by atoms with E-state index in [0.717, 1.165) is 37.7 Å². The van der Waals surface area contributed by atoms with Crippen molar-refractivity contribution >= 4 is 29.8 Å². The third-order valence-corrected chi connectivity index (χ3v) is 5.64. The van der Waals surface area contributed by atoms with Gasteiger partial charge in [0, 0.05) is 30.5 Å². The van der Waals surface area contributed by atoms with Crippen LogP contribution in [0, 0.1) is 11.3 Å². The summed E-state index contributed by atoms with van der Waals surface area (Å²) < 4.78 is 0. The van der Waals surface area contributed by atoms with Gasteiger partial charge in [-0.2, -0.15) is 5.26 Å². The van der Waals surface area contributed by atoms with Gasteiger partial charge in [-0.25, -0.2) is 4.79 Å². The van der Waals surface area contributed by atoms with Crippen LogP contribution in [0.25, 0.3) is 0 Å². The van der Waals surface area contributed by atoms with Crippen molar-refractivity contribution in [3.63, 3.8) is 0 Å². The van der Waals surface area contributed by atoms with Crippen LogP contribution >= 0.6 is 12.4 Å². The lowest BCUT2D eigenvalue weighted by Crippen LogP contribution is -2.41. The number of halogens is 1. The Kier molecular flexibility index (Phi) is 6.56. The first-order chi connectivity index (χ1) is 13.2. The van der Waals surface area contributed by atoms with Crippen molar-refractivity contribution in [2.24, 2.45) is 0 Å². The number of hydrogen-bond acceptors (Lipinski definition) is 3. The van der Waals surface area contributed by atoms with Crippen LogP contribution in [0.5, 0.6) is 0 Å². The van der Waals surface area contributed by atoms with Crippen molar-refractivity contribution in [3.8, 4) is 6.07 Å². The third kappa shape index (κ3) is 4.64. The molecule has 1 fully saturated rings. The number of nitriles is 1. The average molecular weight is 397 g/mol. The molecule has 28 heavy (non-hydrogen) atoms. The van der Waals surface area contributed by atoms with Gasteiger partial charge in [0.2, 0.25) is 0 Å². The molecular formula is C22H25ClN4O. The number of benzene rings is 2. The topological polar surface area (TPSA) is 68.2 Å². The Morgan fingerprint density at radius 1 is 1.00 bits per heavy atom. The Labute approximate surface area is 172 Å². The molecule has 0 saturated heterocycles. The Balaban J connectivity index is 0.00000225. The van der Waals surface area contributed by atoms with Gasteiger partial charge in [0.25, 0.3) is 0 Å². The van der Waals surface area contributed by atoms with Crippen LogP contribution in [0.2, 0.25) is 0 Å². The lowest BCUT2D eigenvalue weighted by molar-refractivity contribution is 0.133. The largest absolute Gasteiger partial charge is 0.323 e. The number of nitrogens with zero attached hydrogens (tertiary/aromatic N) is 2. The van der Waals surface area contributed by atoms with Crippen LogP contribution < -0.4 is 10.6 Å². The summed E-state index contributed by atoms with van der Waals surface area (Å²) in [7, 11) is 0. The summed E-state index contributed by atoms with van der Waals surface area (Å²) in [6.45, 7) is 2.24. The average Bonchev–Trinajstić information content (AvgIpc) is 2.83. The maximum atomic E-state index is 12.3. The Bertz CT molecular complexity index is 888. The summed E-state index contributed by atoms with van der Waals surface area (Å²) in [4.78, 5) is 14.9. The van der Waals surface area contributed by atoms with Crippen molar-refractivity contribution in [1.29, 1.82) is 5.26 Å². The van der Waals surface area contributed by atoms with Crippen LogP contribution in [0.15, 0.2) is 42.5 Å². The van der Waals surface area contributed by atoms with Gasteiger partial charge in [0.1, 0.15) is 0 Å². The first-order valence-corrected chi connectivity index (χ1v) is 9.65. The zero-order valence-corrected chi connectivity index (χ0v) is 16.6. The molecule has 1 aliphatic carbocycles. The van der Waals surface area contributed by atoms with E-state index in [9.17, 15) is 4.79 Å². The predicted octanol–water partition coefficient (Wildman–Crippen LogP) is 4.58. The van der Waals surface area contributed by atoms with Crippen molar-refractivity contribution in [3.05, 3.63) is 59.2 Å². The quantitative estimate of drug-likeness (QED) is 0.798. The smallest absolute Gasteiger partial charge is 0.308 e. The lowest BCUT2D eigenvalue weighted by atomic mass is 9.91. The van der Waals surface area contributed by atoms with Gasteiger partial charge >= 0.3 is 6.03 Å². The number of carbonyl (C=O) groups excluding carboxylic acids is 1. The molecule has 0 aromatic heterocycles. The zero-order chi connectivity index (χ0) is 18.6. The van der Waals surface area contributed by atoms with E-state index in [4.69, 9.17) is 5.26 Å². The van der Waals surface area contributed by atoms with E-state index in [2.05, 4.69) is 33.7 Å². The summed E-state index contributed by atoms with van der Waals surface area (Å²) in [6.07, 6.45) is 6.17. The second-order valence-electron chi connectivity index (χ2n) is 7.38. The highest BCUT2D eigenvalue weighted by atomic mass is 35.5. The molecule has 0 atom stereocenters. The minimum Gasteiger partial charge on any atom is -0.308 e. The summed E-state index contributed by atoms with van der Waals surface area (Å²) >= 11 is 0. The van der Waals surface area contributed by atoms with E-state index in [-0.39, 0.29) is 18.4 Å². The molecule has 6 heteroatoms. The van der Waals surface area contributed by atoms with Crippen LogP contribution in [-0.4, -0.2) is 30.1 Å². The number of rotatable bonds is 3. The summed E-state index contributed by atoms with van der Waals surface area (Å²) in [5, 5.41) is 14.7. The van der Waals surface area contributed by atoms with Gasteiger partial charge in [-0.1, -0.05) is 18.6 Å². The van der Waals surface area contributed by atoms with Crippen molar-refractivity contribution in [2.45, 2.75) is 38.1 Å². The molecule has 2 N–H and O–H groups in total. The zero-order valence-electron chi connectivity index (χ0n) is 15.8. The monoisotopic (exact) mass is 396 g/mol. The fourth-order valence-corrected chi connectivity index (χ4v) is 3.90. The molecule has 2 aliphatic rings. The fourth-order valence-electron chi connectivity index (χ4n) is 3.90. The number of nitrogens with one attached hydrogen (secondary N) is 2. The van der Waals surface area contributed by atoms with E-state index in [1.165, 1.54) is 30.4 Å². The summed E-state index contributed by atoms with van der Waals surface area (Å²) in [5.74, 6) is 0. The minimum absolute atomic E-state index is 0. The highest BCUT2D eigenvalue weighted by Gasteiger charge is 2.26. The Hall–Kier alpha value is -2.55. The lowest BCUT2D eigenvalue weighted by Gasteiger charge is -2.36. The van der Waals surface area contributed by atoms with E-state index < -0.39 is 0 Å². The number of fused-ring (bicyclic) bond motifs is 1. The van der Waals surface area contributed by atoms with Crippen LogP contribution in [0.1, 0.15) is 36.0 Å². The van der Waals surface area contributed by atoms with E-state index in [1.807, 2.05) is 6.07 Å². The number of anilines is 2. The van der Waals surface area contributed by atoms with Gasteiger partial charge in [-0.3, -0.25) is 4.90 Å². The predicted molar refractivity (Wildman–Crippen MR) is 114 cm³/mol. The maximum Gasteiger partial charge on any atom is 0.323 e. The van der Waals surface area contributed by atoms with Crippen molar-refractivity contribution < 1.29 is 4.79 Å². The van der Waals surface area contributed by atoms with Gasteiger partial charge in [-0.05, 0) is 67.1 Å². The normalized spacial score (nSPS) is 16.5. The second kappa shape index (κ2) is 9.09. The molecule has 0 bridgehead atoms. The first kappa shape index (κ1) is 20.2. The van der Waals surface area contributed by atoms with Gasteiger partial charge < -0.3 is 10.6 Å². The molecule has 4 rings (SSSR count). The van der Waals surface area contributed by atoms with Crippen LogP contribution in [0.4, 0.5) is 16.2 Å². The van der Waals surface area contributed by atoms with Gasteiger partial charge in [-0.15, -0.1) is 12.4 Å². The molecule has 1 heterocycles. The molecule has 0 radical (unpaired) electrons.